The monoisotopic (exact) mass is 462 g/mol. The minimum absolute atomic E-state index is 0. The van der Waals surface area contributed by atoms with Crippen molar-refractivity contribution in [2.75, 3.05) is 12.4 Å². The van der Waals surface area contributed by atoms with Crippen molar-refractivity contribution < 1.29 is 9.59 Å². The van der Waals surface area contributed by atoms with Crippen LogP contribution < -0.4 is 10.6 Å². The fourth-order valence-electron chi connectivity index (χ4n) is 3.84. The number of halogens is 2. The van der Waals surface area contributed by atoms with Gasteiger partial charge in [-0.25, -0.2) is 4.98 Å². The van der Waals surface area contributed by atoms with Crippen LogP contribution in [0.25, 0.3) is 0 Å². The van der Waals surface area contributed by atoms with E-state index >= 15 is 0 Å². The SMILES string of the molecule is CN(C(=O)Cc1csc(NC(=O)c2cccs2)n1)C1CC2CCC(C1)N2.Cl.Cl. The second-order valence-electron chi connectivity index (χ2n) is 7.02. The molecule has 2 N–H and O–H groups in total. The highest BCUT2D eigenvalue weighted by Crippen LogP contribution is 2.29. The molecule has 10 heteroatoms. The van der Waals surface area contributed by atoms with Gasteiger partial charge < -0.3 is 10.2 Å². The van der Waals surface area contributed by atoms with Crippen molar-refractivity contribution >= 4 is 64.4 Å². The molecule has 6 nitrogen and oxygen atoms in total. The van der Waals surface area contributed by atoms with Crippen LogP contribution in [0.1, 0.15) is 41.0 Å². The Balaban J connectivity index is 0.00000140. The molecular formula is C18H24Cl2N4O2S2. The van der Waals surface area contributed by atoms with Crippen molar-refractivity contribution in [2.45, 2.75) is 50.2 Å². The number of nitrogens with one attached hydrogen (secondary N) is 2. The summed E-state index contributed by atoms with van der Waals surface area (Å²) in [6.07, 6.45) is 4.81. The number of thiazole rings is 1. The van der Waals surface area contributed by atoms with Crippen LogP contribution in [0.5, 0.6) is 0 Å². The Morgan fingerprint density at radius 3 is 2.61 bits per heavy atom. The Kier molecular flexibility index (Phi) is 8.27. The molecule has 28 heavy (non-hydrogen) atoms. The predicted octanol–water partition coefficient (Wildman–Crippen LogP) is 3.58. The lowest BCUT2D eigenvalue weighted by Gasteiger charge is -2.35. The molecule has 2 saturated heterocycles. The minimum atomic E-state index is -0.158. The Hall–Kier alpha value is -1.19. The van der Waals surface area contributed by atoms with E-state index in [1.165, 1.54) is 35.5 Å². The number of thiophene rings is 1. The third kappa shape index (κ3) is 5.24. The predicted molar refractivity (Wildman–Crippen MR) is 118 cm³/mol. The summed E-state index contributed by atoms with van der Waals surface area (Å²) in [6.45, 7) is 0. The van der Waals surface area contributed by atoms with Gasteiger partial charge in [-0.05, 0) is 37.1 Å². The molecule has 2 fully saturated rings. The molecule has 2 amide bonds. The zero-order valence-corrected chi connectivity index (χ0v) is 18.7. The Morgan fingerprint density at radius 2 is 1.96 bits per heavy atom. The van der Waals surface area contributed by atoms with E-state index in [-0.39, 0.29) is 43.0 Å². The fourth-order valence-corrected chi connectivity index (χ4v) is 5.16. The topological polar surface area (TPSA) is 74.3 Å². The maximum Gasteiger partial charge on any atom is 0.267 e. The normalized spacial score (nSPS) is 22.7. The summed E-state index contributed by atoms with van der Waals surface area (Å²) in [6, 6.07) is 5.06. The van der Waals surface area contributed by atoms with E-state index in [0.29, 0.717) is 33.8 Å². The van der Waals surface area contributed by atoms with Crippen LogP contribution in [-0.4, -0.2) is 46.9 Å². The second-order valence-corrected chi connectivity index (χ2v) is 8.83. The summed E-state index contributed by atoms with van der Waals surface area (Å²) in [5.74, 6) is -0.0627. The van der Waals surface area contributed by atoms with Crippen molar-refractivity contribution in [3.8, 4) is 0 Å². The number of amides is 2. The summed E-state index contributed by atoms with van der Waals surface area (Å²) in [4.78, 5) is 31.7. The van der Waals surface area contributed by atoms with E-state index in [1.54, 1.807) is 6.07 Å². The molecule has 2 aliphatic rings. The van der Waals surface area contributed by atoms with Gasteiger partial charge in [0.15, 0.2) is 5.13 Å². The lowest BCUT2D eigenvalue weighted by Crippen LogP contribution is -2.49. The molecule has 0 aliphatic carbocycles. The maximum atomic E-state index is 12.6. The number of nitrogens with zero attached hydrogens (tertiary/aromatic N) is 2. The smallest absolute Gasteiger partial charge is 0.267 e. The van der Waals surface area contributed by atoms with Gasteiger partial charge in [0.2, 0.25) is 5.91 Å². The van der Waals surface area contributed by atoms with Crippen LogP contribution in [0, 0.1) is 0 Å². The molecule has 0 radical (unpaired) electrons. The van der Waals surface area contributed by atoms with Crippen LogP contribution >= 0.6 is 47.5 Å². The molecule has 0 spiro atoms. The number of hydrogen-bond donors (Lipinski definition) is 2. The first-order valence-corrected chi connectivity index (χ1v) is 10.7. The molecule has 154 valence electrons. The van der Waals surface area contributed by atoms with E-state index < -0.39 is 0 Å². The summed E-state index contributed by atoms with van der Waals surface area (Å²) < 4.78 is 0. The van der Waals surface area contributed by atoms with Crippen LogP contribution in [0.3, 0.4) is 0 Å². The largest absolute Gasteiger partial charge is 0.342 e. The first-order valence-electron chi connectivity index (χ1n) is 8.89. The quantitative estimate of drug-likeness (QED) is 0.711. The molecular weight excluding hydrogens is 439 g/mol. The number of likely N-dealkylation sites (N-methyl/N-ethyl adjacent to an activating group) is 1. The first-order chi connectivity index (χ1) is 12.6. The van der Waals surface area contributed by atoms with Gasteiger partial charge in [-0.15, -0.1) is 47.5 Å². The molecule has 2 aromatic heterocycles. The van der Waals surface area contributed by atoms with E-state index in [9.17, 15) is 9.59 Å². The number of anilines is 1. The molecule has 2 aromatic rings. The number of fused-ring (bicyclic) bond motifs is 2. The fraction of sp³-hybridized carbons (Fsp3) is 0.500. The molecule has 2 bridgehead atoms. The third-order valence-electron chi connectivity index (χ3n) is 5.24. The number of hydrogen-bond acceptors (Lipinski definition) is 6. The highest BCUT2D eigenvalue weighted by molar-refractivity contribution is 7.14. The van der Waals surface area contributed by atoms with E-state index in [0.717, 1.165) is 12.8 Å². The summed E-state index contributed by atoms with van der Waals surface area (Å²) in [5, 5.41) is 10.7. The van der Waals surface area contributed by atoms with Crippen molar-refractivity contribution in [1.29, 1.82) is 0 Å². The highest BCUT2D eigenvalue weighted by atomic mass is 35.5. The highest BCUT2D eigenvalue weighted by Gasteiger charge is 2.36. The summed E-state index contributed by atoms with van der Waals surface area (Å²) >= 11 is 2.75. The maximum absolute atomic E-state index is 12.6. The Morgan fingerprint density at radius 1 is 1.25 bits per heavy atom. The van der Waals surface area contributed by atoms with Gasteiger partial charge in [0.05, 0.1) is 17.0 Å². The van der Waals surface area contributed by atoms with Crippen molar-refractivity contribution in [3.63, 3.8) is 0 Å². The van der Waals surface area contributed by atoms with Gasteiger partial charge >= 0.3 is 0 Å². The van der Waals surface area contributed by atoms with Crippen LogP contribution in [-0.2, 0) is 11.2 Å². The average Bonchev–Trinajstić information content (AvgIpc) is 3.36. The van der Waals surface area contributed by atoms with Gasteiger partial charge in [0.1, 0.15) is 0 Å². The molecule has 2 aliphatic heterocycles. The Labute approximate surface area is 184 Å². The van der Waals surface area contributed by atoms with Crippen molar-refractivity contribution in [2.24, 2.45) is 0 Å². The van der Waals surface area contributed by atoms with Gasteiger partial charge in [0.25, 0.3) is 5.91 Å². The van der Waals surface area contributed by atoms with Crippen LogP contribution in [0.15, 0.2) is 22.9 Å². The van der Waals surface area contributed by atoms with Gasteiger partial charge in [-0.2, -0.15) is 0 Å². The number of rotatable bonds is 5. The van der Waals surface area contributed by atoms with Crippen molar-refractivity contribution in [1.82, 2.24) is 15.2 Å². The summed E-state index contributed by atoms with van der Waals surface area (Å²) in [7, 11) is 1.91. The molecule has 4 rings (SSSR count). The standard InChI is InChI=1S/C18H22N4O2S2.2ClH/c1-22(14-7-11-4-5-12(8-14)19-11)16(23)9-13-10-26-18(20-13)21-17(24)15-3-2-6-25-15;;/h2-3,6,10-12,14,19H,4-5,7-9H2,1H3,(H,20,21,24);2*1H. The zero-order valence-electron chi connectivity index (χ0n) is 15.4. The van der Waals surface area contributed by atoms with E-state index in [1.807, 2.05) is 28.8 Å². The van der Waals surface area contributed by atoms with Crippen LogP contribution in [0.4, 0.5) is 5.13 Å². The van der Waals surface area contributed by atoms with Gasteiger partial charge in [-0.1, -0.05) is 6.07 Å². The van der Waals surface area contributed by atoms with E-state index in [2.05, 4.69) is 15.6 Å². The van der Waals surface area contributed by atoms with Crippen molar-refractivity contribution in [3.05, 3.63) is 33.5 Å². The van der Waals surface area contributed by atoms with Gasteiger partial charge in [-0.3, -0.25) is 14.9 Å². The lowest BCUT2D eigenvalue weighted by molar-refractivity contribution is -0.132. The number of carbonyl (C=O) groups is 2. The van der Waals surface area contributed by atoms with Gasteiger partial charge in [0, 0.05) is 30.6 Å². The van der Waals surface area contributed by atoms with Crippen LogP contribution in [0.2, 0.25) is 0 Å². The zero-order chi connectivity index (χ0) is 18.1. The Bertz CT molecular complexity index is 787. The minimum Gasteiger partial charge on any atom is -0.342 e. The molecule has 0 aromatic carbocycles. The van der Waals surface area contributed by atoms with E-state index in [4.69, 9.17) is 0 Å². The molecule has 2 unspecified atom stereocenters. The molecule has 2 atom stereocenters. The lowest BCUT2D eigenvalue weighted by atomic mass is 9.98. The average molecular weight is 463 g/mol. The third-order valence-corrected chi connectivity index (χ3v) is 6.91. The molecule has 4 heterocycles. The second kappa shape index (κ2) is 10.0. The number of piperidine rings is 1. The molecule has 0 saturated carbocycles. The number of carbonyl (C=O) groups excluding carboxylic acids is 2. The first kappa shape index (κ1) is 23.1. The summed E-state index contributed by atoms with van der Waals surface area (Å²) in [5.41, 5.74) is 0.713. The number of aromatic nitrogens is 1.